The van der Waals surface area contributed by atoms with Gasteiger partial charge in [-0.15, -0.1) is 0 Å². The topological polar surface area (TPSA) is 59.6 Å². The molecule has 0 fully saturated rings. The van der Waals surface area contributed by atoms with Crippen LogP contribution in [0.15, 0.2) is 24.3 Å². The molecule has 27 heavy (non-hydrogen) atoms. The molecule has 5 nitrogen and oxygen atoms in total. The Morgan fingerprint density at radius 1 is 1.15 bits per heavy atom. The van der Waals surface area contributed by atoms with E-state index in [4.69, 9.17) is 9.47 Å². The number of rotatable bonds is 14. The average Bonchev–Trinajstić information content (AvgIpc) is 2.60. The number of hydrogen-bond donors (Lipinski definition) is 2. The van der Waals surface area contributed by atoms with Crippen molar-refractivity contribution in [3.63, 3.8) is 0 Å². The summed E-state index contributed by atoms with van der Waals surface area (Å²) >= 11 is 0. The SMILES string of the molecule is CCCCOc1cccc(NCCOCCNC(=O)C(C)(C)CC(C)C)c1. The number of ether oxygens (including phenoxy) is 2. The fourth-order valence-electron chi connectivity index (χ4n) is 2.99. The van der Waals surface area contributed by atoms with Crippen molar-refractivity contribution in [2.24, 2.45) is 11.3 Å². The quantitative estimate of drug-likeness (QED) is 0.469. The van der Waals surface area contributed by atoms with Crippen molar-refractivity contribution in [2.75, 3.05) is 38.2 Å². The Bertz CT molecular complexity index is 544. The molecular weight excluding hydrogens is 340 g/mol. The van der Waals surface area contributed by atoms with Crippen LogP contribution in [0.5, 0.6) is 5.75 Å². The molecule has 0 unspecified atom stereocenters. The number of benzene rings is 1. The third kappa shape index (κ3) is 10.2. The van der Waals surface area contributed by atoms with Gasteiger partial charge in [-0.2, -0.15) is 0 Å². The van der Waals surface area contributed by atoms with Gasteiger partial charge in [0.2, 0.25) is 5.91 Å². The highest BCUT2D eigenvalue weighted by Crippen LogP contribution is 2.25. The largest absolute Gasteiger partial charge is 0.494 e. The standard InChI is InChI=1S/C22H38N2O3/c1-6-7-13-27-20-10-8-9-19(16-20)23-11-14-26-15-12-24-21(25)22(4,5)17-18(2)3/h8-10,16,18,23H,6-7,11-15,17H2,1-5H3,(H,24,25). The zero-order valence-electron chi connectivity index (χ0n) is 17.8. The zero-order chi connectivity index (χ0) is 20.1. The lowest BCUT2D eigenvalue weighted by atomic mass is 9.83. The van der Waals surface area contributed by atoms with Crippen LogP contribution in [-0.2, 0) is 9.53 Å². The van der Waals surface area contributed by atoms with Gasteiger partial charge >= 0.3 is 0 Å². The molecule has 0 bridgehead atoms. The summed E-state index contributed by atoms with van der Waals surface area (Å²) in [5, 5.41) is 6.30. The predicted octanol–water partition coefficient (Wildman–Crippen LogP) is 4.48. The van der Waals surface area contributed by atoms with E-state index in [0.717, 1.165) is 37.3 Å². The van der Waals surface area contributed by atoms with Crippen LogP contribution in [-0.4, -0.2) is 38.8 Å². The minimum absolute atomic E-state index is 0.0952. The van der Waals surface area contributed by atoms with Gasteiger partial charge in [0.15, 0.2) is 0 Å². The minimum atomic E-state index is -0.333. The maximum absolute atomic E-state index is 12.2. The molecule has 2 N–H and O–H groups in total. The summed E-state index contributed by atoms with van der Waals surface area (Å²) in [7, 11) is 0. The first-order valence-corrected chi connectivity index (χ1v) is 10.2. The van der Waals surface area contributed by atoms with Gasteiger partial charge in [-0.25, -0.2) is 0 Å². The molecule has 1 rings (SSSR count). The van der Waals surface area contributed by atoms with E-state index in [1.165, 1.54) is 0 Å². The van der Waals surface area contributed by atoms with Crippen molar-refractivity contribution in [3.05, 3.63) is 24.3 Å². The van der Waals surface area contributed by atoms with E-state index in [-0.39, 0.29) is 11.3 Å². The summed E-state index contributed by atoms with van der Waals surface area (Å²) in [5.74, 6) is 1.49. The molecule has 0 aliphatic rings. The molecule has 0 spiro atoms. The fourth-order valence-corrected chi connectivity index (χ4v) is 2.99. The maximum atomic E-state index is 12.2. The van der Waals surface area contributed by atoms with E-state index in [1.807, 2.05) is 38.1 Å². The lowest BCUT2D eigenvalue weighted by Crippen LogP contribution is -2.39. The molecule has 0 heterocycles. The highest BCUT2D eigenvalue weighted by atomic mass is 16.5. The Hall–Kier alpha value is -1.75. The molecule has 0 radical (unpaired) electrons. The third-order valence-corrected chi connectivity index (χ3v) is 4.24. The molecule has 5 heteroatoms. The van der Waals surface area contributed by atoms with Crippen molar-refractivity contribution in [3.8, 4) is 5.75 Å². The first-order chi connectivity index (χ1) is 12.8. The lowest BCUT2D eigenvalue weighted by molar-refractivity contribution is -0.130. The Labute approximate surface area is 165 Å². The van der Waals surface area contributed by atoms with Crippen molar-refractivity contribution in [1.82, 2.24) is 5.32 Å². The van der Waals surface area contributed by atoms with Crippen LogP contribution in [0.4, 0.5) is 5.69 Å². The van der Waals surface area contributed by atoms with Gasteiger partial charge in [-0.05, 0) is 30.9 Å². The number of nitrogens with one attached hydrogen (secondary N) is 2. The number of amides is 1. The smallest absolute Gasteiger partial charge is 0.225 e. The summed E-state index contributed by atoms with van der Waals surface area (Å²) in [5.41, 5.74) is 0.691. The van der Waals surface area contributed by atoms with E-state index in [9.17, 15) is 4.79 Å². The molecule has 0 atom stereocenters. The van der Waals surface area contributed by atoms with Gasteiger partial charge in [0, 0.05) is 30.3 Å². The molecule has 0 aliphatic carbocycles. The summed E-state index contributed by atoms with van der Waals surface area (Å²) in [4.78, 5) is 12.2. The van der Waals surface area contributed by atoms with Crippen LogP contribution in [0.1, 0.15) is 53.9 Å². The van der Waals surface area contributed by atoms with Gasteiger partial charge in [0.1, 0.15) is 5.75 Å². The predicted molar refractivity (Wildman–Crippen MR) is 112 cm³/mol. The van der Waals surface area contributed by atoms with Crippen LogP contribution in [0.3, 0.4) is 0 Å². The van der Waals surface area contributed by atoms with Gasteiger partial charge < -0.3 is 20.1 Å². The summed E-state index contributed by atoms with van der Waals surface area (Å²) in [6.45, 7) is 13.5. The average molecular weight is 379 g/mol. The Morgan fingerprint density at radius 2 is 1.89 bits per heavy atom. The number of carbonyl (C=O) groups excluding carboxylic acids is 1. The van der Waals surface area contributed by atoms with Crippen molar-refractivity contribution >= 4 is 11.6 Å². The number of hydrogen-bond acceptors (Lipinski definition) is 4. The van der Waals surface area contributed by atoms with Crippen LogP contribution in [0.2, 0.25) is 0 Å². The Morgan fingerprint density at radius 3 is 2.59 bits per heavy atom. The number of unbranched alkanes of at least 4 members (excludes halogenated alkanes) is 1. The van der Waals surface area contributed by atoms with Crippen LogP contribution in [0, 0.1) is 11.3 Å². The van der Waals surface area contributed by atoms with Gasteiger partial charge in [0.25, 0.3) is 0 Å². The number of carbonyl (C=O) groups is 1. The second-order valence-corrected chi connectivity index (χ2v) is 8.01. The molecular formula is C22H38N2O3. The van der Waals surface area contributed by atoms with Crippen LogP contribution < -0.4 is 15.4 Å². The fraction of sp³-hybridized carbons (Fsp3) is 0.682. The van der Waals surface area contributed by atoms with Crippen LogP contribution in [0.25, 0.3) is 0 Å². The zero-order valence-corrected chi connectivity index (χ0v) is 17.8. The second kappa shape index (κ2) is 12.6. The Balaban J connectivity index is 2.15. The monoisotopic (exact) mass is 378 g/mol. The lowest BCUT2D eigenvalue weighted by Gasteiger charge is -2.25. The first-order valence-electron chi connectivity index (χ1n) is 10.2. The summed E-state index contributed by atoms with van der Waals surface area (Å²) in [6, 6.07) is 7.98. The Kier molecular flexibility index (Phi) is 10.9. The van der Waals surface area contributed by atoms with E-state index in [2.05, 4.69) is 31.4 Å². The van der Waals surface area contributed by atoms with Crippen molar-refractivity contribution in [2.45, 2.75) is 53.9 Å². The van der Waals surface area contributed by atoms with Crippen molar-refractivity contribution < 1.29 is 14.3 Å². The normalized spacial score (nSPS) is 11.5. The molecule has 1 aromatic rings. The molecule has 0 saturated heterocycles. The third-order valence-electron chi connectivity index (χ3n) is 4.24. The van der Waals surface area contributed by atoms with Gasteiger partial charge in [-0.3, -0.25) is 4.79 Å². The molecule has 1 amide bonds. The van der Waals surface area contributed by atoms with Crippen molar-refractivity contribution in [1.29, 1.82) is 0 Å². The summed E-state index contributed by atoms with van der Waals surface area (Å²) in [6.07, 6.45) is 3.08. The number of anilines is 1. The summed E-state index contributed by atoms with van der Waals surface area (Å²) < 4.78 is 11.3. The maximum Gasteiger partial charge on any atom is 0.225 e. The van der Waals surface area contributed by atoms with Crippen LogP contribution >= 0.6 is 0 Å². The van der Waals surface area contributed by atoms with E-state index < -0.39 is 0 Å². The minimum Gasteiger partial charge on any atom is -0.494 e. The first kappa shape index (κ1) is 23.3. The molecule has 0 saturated carbocycles. The van der Waals surface area contributed by atoms with E-state index in [1.54, 1.807) is 0 Å². The highest BCUT2D eigenvalue weighted by Gasteiger charge is 2.27. The molecule has 0 aromatic heterocycles. The van der Waals surface area contributed by atoms with Gasteiger partial charge in [0.05, 0.1) is 19.8 Å². The van der Waals surface area contributed by atoms with Gasteiger partial charge in [-0.1, -0.05) is 47.1 Å². The van der Waals surface area contributed by atoms with E-state index in [0.29, 0.717) is 32.2 Å². The molecule has 154 valence electrons. The molecule has 0 aliphatic heterocycles. The second-order valence-electron chi connectivity index (χ2n) is 8.01. The highest BCUT2D eigenvalue weighted by molar-refractivity contribution is 5.81. The van der Waals surface area contributed by atoms with E-state index >= 15 is 0 Å². The molecule has 1 aromatic carbocycles.